The van der Waals surface area contributed by atoms with Crippen molar-refractivity contribution in [3.8, 4) is 17.2 Å². The molecule has 3 rings (SSSR count). The molecule has 3 aromatic rings. The van der Waals surface area contributed by atoms with Crippen molar-refractivity contribution in [1.29, 1.82) is 5.41 Å². The smallest absolute Gasteiger partial charge is 0.308 e. The molecule has 0 saturated carbocycles. The number of ether oxygens (including phenoxy) is 3. The number of hydrogen-bond donors (Lipinski definition) is 2. The van der Waals surface area contributed by atoms with E-state index in [1.165, 1.54) is 51.0 Å². The molecule has 0 radical (unpaired) electrons. The lowest BCUT2D eigenvalue weighted by atomic mass is 10.0. The van der Waals surface area contributed by atoms with Gasteiger partial charge < -0.3 is 19.5 Å². The first-order valence-corrected chi connectivity index (χ1v) is 10.9. The molecule has 0 spiro atoms. The SMILES string of the molecule is COc1cc(C(=O)NC(C)c2ccccc2N(C=N)c2cccs2)cc(OC)c1OC(C)=O. The van der Waals surface area contributed by atoms with E-state index in [9.17, 15) is 9.59 Å². The Hall–Kier alpha value is -3.85. The lowest BCUT2D eigenvalue weighted by molar-refractivity contribution is -0.132. The van der Waals surface area contributed by atoms with Crippen LogP contribution in [0.2, 0.25) is 0 Å². The van der Waals surface area contributed by atoms with E-state index in [0.29, 0.717) is 0 Å². The summed E-state index contributed by atoms with van der Waals surface area (Å²) in [6.07, 6.45) is 1.25. The molecule has 0 aliphatic carbocycles. The number of esters is 1. The van der Waals surface area contributed by atoms with Gasteiger partial charge in [-0.05, 0) is 48.2 Å². The second-order valence-corrected chi connectivity index (χ2v) is 7.93. The van der Waals surface area contributed by atoms with E-state index in [4.69, 9.17) is 19.6 Å². The van der Waals surface area contributed by atoms with Gasteiger partial charge in [0.2, 0.25) is 5.75 Å². The molecule has 1 heterocycles. The maximum Gasteiger partial charge on any atom is 0.308 e. The van der Waals surface area contributed by atoms with Crippen molar-refractivity contribution in [3.63, 3.8) is 0 Å². The highest BCUT2D eigenvalue weighted by Gasteiger charge is 2.22. The highest BCUT2D eigenvalue weighted by molar-refractivity contribution is 7.14. The zero-order chi connectivity index (χ0) is 24.0. The molecule has 1 atom stereocenters. The second kappa shape index (κ2) is 10.6. The number of nitrogens with zero attached hydrogens (tertiary/aromatic N) is 1. The summed E-state index contributed by atoms with van der Waals surface area (Å²) in [6, 6.07) is 14.1. The number of rotatable bonds is 9. The van der Waals surface area contributed by atoms with Gasteiger partial charge in [0.05, 0.1) is 32.3 Å². The molecule has 0 fully saturated rings. The van der Waals surface area contributed by atoms with Gasteiger partial charge in [0, 0.05) is 12.5 Å². The van der Waals surface area contributed by atoms with Crippen LogP contribution < -0.4 is 24.4 Å². The average molecular weight is 468 g/mol. The fourth-order valence-corrected chi connectivity index (χ4v) is 4.06. The van der Waals surface area contributed by atoms with Crippen LogP contribution in [0.4, 0.5) is 10.7 Å². The Morgan fingerprint density at radius 1 is 1.09 bits per heavy atom. The van der Waals surface area contributed by atoms with Gasteiger partial charge in [-0.2, -0.15) is 0 Å². The van der Waals surface area contributed by atoms with Crippen molar-refractivity contribution in [3.05, 3.63) is 65.0 Å². The Labute approximate surface area is 196 Å². The van der Waals surface area contributed by atoms with Gasteiger partial charge in [0.25, 0.3) is 5.91 Å². The lowest BCUT2D eigenvalue weighted by Crippen LogP contribution is -2.28. The Kier molecular flexibility index (Phi) is 7.68. The van der Waals surface area contributed by atoms with Crippen LogP contribution in [0.3, 0.4) is 0 Å². The van der Waals surface area contributed by atoms with Gasteiger partial charge >= 0.3 is 5.97 Å². The molecule has 8 nitrogen and oxygen atoms in total. The van der Waals surface area contributed by atoms with Crippen molar-refractivity contribution in [2.45, 2.75) is 19.9 Å². The summed E-state index contributed by atoms with van der Waals surface area (Å²) in [4.78, 5) is 26.3. The van der Waals surface area contributed by atoms with Crippen LogP contribution >= 0.6 is 11.3 Å². The van der Waals surface area contributed by atoms with Gasteiger partial charge in [-0.25, -0.2) is 0 Å². The van der Waals surface area contributed by atoms with Crippen molar-refractivity contribution in [2.75, 3.05) is 19.1 Å². The van der Waals surface area contributed by atoms with E-state index in [2.05, 4.69) is 5.32 Å². The standard InChI is InChI=1S/C24H25N3O5S/c1-15(18-8-5-6-9-19(18)27(14-25)22-10-7-11-33-22)26-24(29)17-12-20(30-3)23(32-16(2)28)21(13-17)31-4/h5-15,25H,1-4H3,(H,26,29). The Morgan fingerprint density at radius 2 is 1.76 bits per heavy atom. The summed E-state index contributed by atoms with van der Waals surface area (Å²) in [7, 11) is 2.83. The summed E-state index contributed by atoms with van der Waals surface area (Å²) in [5, 5.41) is 13.7. The zero-order valence-corrected chi connectivity index (χ0v) is 19.6. The maximum absolute atomic E-state index is 13.1. The van der Waals surface area contributed by atoms with Crippen LogP contribution in [0, 0.1) is 5.41 Å². The minimum absolute atomic E-state index is 0.111. The van der Waals surface area contributed by atoms with Gasteiger partial charge in [-0.1, -0.05) is 18.2 Å². The maximum atomic E-state index is 13.1. The first kappa shape index (κ1) is 23.8. The molecule has 33 heavy (non-hydrogen) atoms. The summed E-state index contributed by atoms with van der Waals surface area (Å²) in [6.45, 7) is 3.14. The molecule has 1 aromatic heterocycles. The summed E-state index contributed by atoms with van der Waals surface area (Å²) in [5.74, 6) is -0.373. The molecule has 1 unspecified atom stereocenters. The molecule has 172 valence electrons. The van der Waals surface area contributed by atoms with Crippen LogP contribution in [-0.4, -0.2) is 32.4 Å². The van der Waals surface area contributed by atoms with Gasteiger partial charge in [0.1, 0.15) is 5.00 Å². The number of carbonyl (C=O) groups is 2. The van der Waals surface area contributed by atoms with Crippen LogP contribution in [0.15, 0.2) is 53.9 Å². The number of anilines is 2. The predicted octanol–water partition coefficient (Wildman–Crippen LogP) is 4.93. The number of hydrogen-bond acceptors (Lipinski definition) is 7. The van der Waals surface area contributed by atoms with Crippen LogP contribution in [0.5, 0.6) is 17.2 Å². The molecule has 0 aliphatic heterocycles. The molecule has 1 amide bonds. The molecule has 2 aromatic carbocycles. The summed E-state index contributed by atoms with van der Waals surface area (Å²) < 4.78 is 15.8. The minimum Gasteiger partial charge on any atom is -0.493 e. The first-order valence-electron chi connectivity index (χ1n) is 10.1. The first-order chi connectivity index (χ1) is 15.9. The third-order valence-electron chi connectivity index (χ3n) is 4.85. The minimum atomic E-state index is -0.532. The molecular weight excluding hydrogens is 442 g/mol. The Morgan fingerprint density at radius 3 is 2.30 bits per heavy atom. The second-order valence-electron chi connectivity index (χ2n) is 7.01. The largest absolute Gasteiger partial charge is 0.493 e. The van der Waals surface area contributed by atoms with Gasteiger partial charge in [0.15, 0.2) is 11.5 Å². The van der Waals surface area contributed by atoms with E-state index < -0.39 is 5.97 Å². The van der Waals surface area contributed by atoms with Crippen LogP contribution in [0.25, 0.3) is 0 Å². The number of nitrogens with one attached hydrogen (secondary N) is 2. The number of thiophene rings is 1. The lowest BCUT2D eigenvalue weighted by Gasteiger charge is -2.24. The van der Waals surface area contributed by atoms with E-state index in [1.807, 2.05) is 48.7 Å². The van der Waals surface area contributed by atoms with Gasteiger partial charge in [-0.15, -0.1) is 11.3 Å². The van der Waals surface area contributed by atoms with Crippen molar-refractivity contribution < 1.29 is 23.8 Å². The van der Waals surface area contributed by atoms with Crippen molar-refractivity contribution in [1.82, 2.24) is 5.32 Å². The Balaban J connectivity index is 1.90. The number of para-hydroxylation sites is 1. The van der Waals surface area contributed by atoms with E-state index in [-0.39, 0.29) is 34.8 Å². The number of carbonyl (C=O) groups excluding carboxylic acids is 2. The molecular formula is C24H25N3O5S. The molecule has 0 saturated heterocycles. The van der Waals surface area contributed by atoms with E-state index >= 15 is 0 Å². The van der Waals surface area contributed by atoms with Crippen molar-refractivity contribution >= 4 is 40.2 Å². The normalized spacial score (nSPS) is 11.3. The molecule has 0 bridgehead atoms. The van der Waals surface area contributed by atoms with Crippen LogP contribution in [-0.2, 0) is 4.79 Å². The Bertz CT molecular complexity index is 1120. The monoisotopic (exact) mass is 467 g/mol. The molecule has 9 heteroatoms. The van der Waals surface area contributed by atoms with Crippen molar-refractivity contribution in [2.24, 2.45) is 0 Å². The predicted molar refractivity (Wildman–Crippen MR) is 128 cm³/mol. The summed E-state index contributed by atoms with van der Waals surface area (Å²) in [5.41, 5.74) is 1.92. The third kappa shape index (κ3) is 5.32. The van der Waals surface area contributed by atoms with E-state index in [0.717, 1.165) is 16.3 Å². The number of benzene rings is 2. The summed E-state index contributed by atoms with van der Waals surface area (Å²) >= 11 is 1.52. The highest BCUT2D eigenvalue weighted by Crippen LogP contribution is 2.39. The topological polar surface area (TPSA) is 101 Å². The quantitative estimate of drug-likeness (QED) is 0.200. The molecule has 0 aliphatic rings. The number of amides is 1. The highest BCUT2D eigenvalue weighted by atomic mass is 32.1. The third-order valence-corrected chi connectivity index (χ3v) is 5.72. The molecule has 2 N–H and O–H groups in total. The average Bonchev–Trinajstić information content (AvgIpc) is 3.34. The fourth-order valence-electron chi connectivity index (χ4n) is 3.34. The van der Waals surface area contributed by atoms with Crippen LogP contribution in [0.1, 0.15) is 35.8 Å². The fraction of sp³-hybridized carbons (Fsp3) is 0.208. The van der Waals surface area contributed by atoms with E-state index in [1.54, 1.807) is 4.90 Å². The van der Waals surface area contributed by atoms with Gasteiger partial charge in [-0.3, -0.25) is 19.9 Å². The zero-order valence-electron chi connectivity index (χ0n) is 18.7. The number of methoxy groups -OCH3 is 2.